The Bertz CT molecular complexity index is 582. The second-order valence-electron chi connectivity index (χ2n) is 6.86. The molecule has 2 fully saturated rings. The van der Waals surface area contributed by atoms with Crippen molar-refractivity contribution in [2.75, 3.05) is 11.4 Å². The van der Waals surface area contributed by atoms with E-state index in [0.29, 0.717) is 13.0 Å². The molecule has 0 aromatic heterocycles. The quantitative estimate of drug-likeness (QED) is 0.876. The molecular formula is C18H26ClN3O2. The van der Waals surface area contributed by atoms with E-state index >= 15 is 0 Å². The number of rotatable bonds is 3. The van der Waals surface area contributed by atoms with Gasteiger partial charge in [-0.1, -0.05) is 17.7 Å². The number of carbonyl (C=O) groups is 2. The first-order valence-corrected chi connectivity index (χ1v) is 8.46. The van der Waals surface area contributed by atoms with E-state index in [-0.39, 0.29) is 42.2 Å². The molecule has 1 aliphatic carbocycles. The molecule has 1 aromatic rings. The summed E-state index contributed by atoms with van der Waals surface area (Å²) in [7, 11) is 0. The predicted octanol–water partition coefficient (Wildman–Crippen LogP) is 2.16. The Labute approximate surface area is 149 Å². The van der Waals surface area contributed by atoms with Gasteiger partial charge in [0.25, 0.3) is 0 Å². The fourth-order valence-electron chi connectivity index (χ4n) is 3.44. The van der Waals surface area contributed by atoms with Crippen LogP contribution in [-0.4, -0.2) is 30.4 Å². The van der Waals surface area contributed by atoms with Gasteiger partial charge in [0, 0.05) is 30.7 Å². The number of carbonyl (C=O) groups excluding carboxylic acids is 2. The molecule has 0 radical (unpaired) electrons. The van der Waals surface area contributed by atoms with Crippen LogP contribution in [0.15, 0.2) is 24.3 Å². The fourth-order valence-corrected chi connectivity index (χ4v) is 3.44. The minimum atomic E-state index is -0.251. The van der Waals surface area contributed by atoms with E-state index in [4.69, 9.17) is 5.73 Å². The number of hydrogen-bond donors (Lipinski definition) is 2. The average molecular weight is 352 g/mol. The predicted molar refractivity (Wildman–Crippen MR) is 97.3 cm³/mol. The van der Waals surface area contributed by atoms with Gasteiger partial charge in [0.1, 0.15) is 0 Å². The molecule has 0 spiro atoms. The van der Waals surface area contributed by atoms with Crippen LogP contribution in [0.1, 0.15) is 37.7 Å². The maximum absolute atomic E-state index is 12.5. The van der Waals surface area contributed by atoms with Crippen molar-refractivity contribution in [3.8, 4) is 0 Å². The van der Waals surface area contributed by atoms with Gasteiger partial charge in [0.15, 0.2) is 0 Å². The SMILES string of the molecule is Cc1ccc(N2CC(C(=O)NC3CCC(N)CC3)CC2=O)cc1.Cl. The van der Waals surface area contributed by atoms with Crippen molar-refractivity contribution in [1.82, 2.24) is 5.32 Å². The van der Waals surface area contributed by atoms with Crippen molar-refractivity contribution < 1.29 is 9.59 Å². The van der Waals surface area contributed by atoms with Crippen molar-refractivity contribution in [1.29, 1.82) is 0 Å². The fraction of sp³-hybridized carbons (Fsp3) is 0.556. The first-order valence-electron chi connectivity index (χ1n) is 8.46. The second-order valence-corrected chi connectivity index (χ2v) is 6.86. The summed E-state index contributed by atoms with van der Waals surface area (Å²) < 4.78 is 0. The molecule has 5 nitrogen and oxygen atoms in total. The molecule has 1 aliphatic heterocycles. The highest BCUT2D eigenvalue weighted by atomic mass is 35.5. The lowest BCUT2D eigenvalue weighted by molar-refractivity contribution is -0.127. The molecular weight excluding hydrogens is 326 g/mol. The summed E-state index contributed by atoms with van der Waals surface area (Å²) in [5, 5.41) is 3.11. The Morgan fingerprint density at radius 2 is 1.79 bits per heavy atom. The number of anilines is 1. The summed E-state index contributed by atoms with van der Waals surface area (Å²) in [6.45, 7) is 2.49. The monoisotopic (exact) mass is 351 g/mol. The maximum Gasteiger partial charge on any atom is 0.227 e. The summed E-state index contributed by atoms with van der Waals surface area (Å²) in [6, 6.07) is 8.34. The van der Waals surface area contributed by atoms with Crippen LogP contribution in [0.4, 0.5) is 5.69 Å². The van der Waals surface area contributed by atoms with Crippen LogP contribution >= 0.6 is 12.4 Å². The Kier molecular flexibility index (Phi) is 6.24. The number of nitrogens with two attached hydrogens (primary N) is 1. The van der Waals surface area contributed by atoms with E-state index in [1.54, 1.807) is 4.90 Å². The van der Waals surface area contributed by atoms with Gasteiger partial charge < -0.3 is 16.0 Å². The zero-order valence-corrected chi connectivity index (χ0v) is 14.8. The standard InChI is InChI=1S/C18H25N3O2.ClH/c1-12-2-8-16(9-3-12)21-11-13(10-17(21)22)18(23)20-15-6-4-14(19)5-7-15;/h2-3,8-9,13-15H,4-7,10-11,19H2,1H3,(H,20,23);1H. The maximum atomic E-state index is 12.5. The number of benzene rings is 1. The number of halogens is 1. The minimum absolute atomic E-state index is 0. The minimum Gasteiger partial charge on any atom is -0.353 e. The van der Waals surface area contributed by atoms with Crippen LogP contribution < -0.4 is 16.0 Å². The number of aryl methyl sites for hydroxylation is 1. The third kappa shape index (κ3) is 4.28. The highest BCUT2D eigenvalue weighted by Gasteiger charge is 2.36. The molecule has 1 unspecified atom stereocenters. The van der Waals surface area contributed by atoms with Gasteiger partial charge in [-0.3, -0.25) is 9.59 Å². The summed E-state index contributed by atoms with van der Waals surface area (Å²) >= 11 is 0. The zero-order valence-electron chi connectivity index (χ0n) is 14.0. The largest absolute Gasteiger partial charge is 0.353 e. The van der Waals surface area contributed by atoms with Gasteiger partial charge in [-0.05, 0) is 44.7 Å². The van der Waals surface area contributed by atoms with Crippen LogP contribution in [0, 0.1) is 12.8 Å². The molecule has 24 heavy (non-hydrogen) atoms. The van der Waals surface area contributed by atoms with Crippen molar-refractivity contribution >= 4 is 29.9 Å². The smallest absolute Gasteiger partial charge is 0.227 e. The molecule has 6 heteroatoms. The van der Waals surface area contributed by atoms with Gasteiger partial charge in [0.2, 0.25) is 11.8 Å². The third-order valence-corrected chi connectivity index (χ3v) is 4.96. The van der Waals surface area contributed by atoms with Crippen LogP contribution in [0.2, 0.25) is 0 Å². The normalized spacial score (nSPS) is 26.8. The Balaban J connectivity index is 0.00000208. The van der Waals surface area contributed by atoms with E-state index in [1.807, 2.05) is 31.2 Å². The molecule has 3 rings (SSSR count). The molecule has 1 heterocycles. The van der Waals surface area contributed by atoms with Crippen molar-refractivity contribution in [3.05, 3.63) is 29.8 Å². The first kappa shape index (κ1) is 18.7. The number of hydrogen-bond acceptors (Lipinski definition) is 3. The number of nitrogens with zero attached hydrogens (tertiary/aromatic N) is 1. The second kappa shape index (κ2) is 7.99. The van der Waals surface area contributed by atoms with Gasteiger partial charge in [0.05, 0.1) is 5.92 Å². The van der Waals surface area contributed by atoms with E-state index < -0.39 is 0 Å². The van der Waals surface area contributed by atoms with E-state index in [0.717, 1.165) is 36.9 Å². The number of nitrogens with one attached hydrogen (secondary N) is 1. The summed E-state index contributed by atoms with van der Waals surface area (Å²) in [5.41, 5.74) is 7.93. The molecule has 1 atom stereocenters. The Morgan fingerprint density at radius 3 is 2.42 bits per heavy atom. The summed E-state index contributed by atoms with van der Waals surface area (Å²) in [5.74, 6) is -0.215. The van der Waals surface area contributed by atoms with Gasteiger partial charge >= 0.3 is 0 Å². The van der Waals surface area contributed by atoms with Gasteiger partial charge in [-0.25, -0.2) is 0 Å². The number of amides is 2. The van der Waals surface area contributed by atoms with Crippen molar-refractivity contribution in [2.45, 2.75) is 51.1 Å². The van der Waals surface area contributed by atoms with Crippen LogP contribution in [0.5, 0.6) is 0 Å². The lowest BCUT2D eigenvalue weighted by Gasteiger charge is -2.27. The summed E-state index contributed by atoms with van der Waals surface area (Å²) in [6.07, 6.45) is 4.10. The molecule has 1 saturated heterocycles. The first-order chi connectivity index (χ1) is 11.0. The van der Waals surface area contributed by atoms with E-state index in [9.17, 15) is 9.59 Å². The van der Waals surface area contributed by atoms with Crippen molar-refractivity contribution in [3.63, 3.8) is 0 Å². The Hall–Kier alpha value is -1.59. The highest BCUT2D eigenvalue weighted by Crippen LogP contribution is 2.26. The van der Waals surface area contributed by atoms with Crippen molar-refractivity contribution in [2.24, 2.45) is 11.7 Å². The van der Waals surface area contributed by atoms with E-state index in [1.165, 1.54) is 0 Å². The van der Waals surface area contributed by atoms with Gasteiger partial charge in [-0.2, -0.15) is 0 Å². The third-order valence-electron chi connectivity index (χ3n) is 4.96. The molecule has 1 saturated carbocycles. The highest BCUT2D eigenvalue weighted by molar-refractivity contribution is 6.00. The Morgan fingerprint density at radius 1 is 1.17 bits per heavy atom. The average Bonchev–Trinajstić information content (AvgIpc) is 2.92. The van der Waals surface area contributed by atoms with Crippen LogP contribution in [-0.2, 0) is 9.59 Å². The molecule has 0 bridgehead atoms. The topological polar surface area (TPSA) is 75.4 Å². The molecule has 3 N–H and O–H groups in total. The summed E-state index contributed by atoms with van der Waals surface area (Å²) in [4.78, 5) is 26.4. The lowest BCUT2D eigenvalue weighted by Crippen LogP contribution is -2.43. The van der Waals surface area contributed by atoms with Crippen LogP contribution in [0.3, 0.4) is 0 Å². The van der Waals surface area contributed by atoms with Crippen LogP contribution in [0.25, 0.3) is 0 Å². The molecule has 132 valence electrons. The van der Waals surface area contributed by atoms with E-state index in [2.05, 4.69) is 5.32 Å². The molecule has 2 amide bonds. The molecule has 2 aliphatic rings. The zero-order chi connectivity index (χ0) is 16.4. The van der Waals surface area contributed by atoms with Gasteiger partial charge in [-0.15, -0.1) is 12.4 Å². The lowest BCUT2D eigenvalue weighted by atomic mass is 9.91. The molecule has 1 aromatic carbocycles.